The van der Waals surface area contributed by atoms with E-state index in [4.69, 9.17) is 0 Å². The smallest absolute Gasteiger partial charge is 0.0715 e. The quantitative estimate of drug-likeness (QED) is 0.627. The standard InChI is InChI=1S/C25H22BrNO2/c26-17-9-7-14(8-10-17)23-20-6-2-5-19(20)22-12-16(25(28)29)11-21-18-4-1-3-15(18)13-27(23)24(21)22/h1-2,4,6-12,15,18-20,23H,3,5,13H2,(H,28,29)/p-1. The molecule has 2 aromatic rings. The SMILES string of the molecule is O=C([O-])c1cc2c3c(c1)C1CC=CC1C(c1ccc(Br)cc1)N3CC1CC=CC21. The van der Waals surface area contributed by atoms with Gasteiger partial charge in [-0.15, -0.1) is 0 Å². The Balaban J connectivity index is 1.59. The van der Waals surface area contributed by atoms with E-state index in [-0.39, 0.29) is 6.04 Å². The second-order valence-electron chi connectivity index (χ2n) is 8.74. The molecular weight excluding hydrogens is 426 g/mol. The van der Waals surface area contributed by atoms with Gasteiger partial charge in [-0.25, -0.2) is 0 Å². The van der Waals surface area contributed by atoms with E-state index >= 15 is 0 Å². The molecule has 6 rings (SSSR count). The Labute approximate surface area is 178 Å². The van der Waals surface area contributed by atoms with E-state index in [1.807, 2.05) is 12.1 Å². The number of halogens is 1. The van der Waals surface area contributed by atoms with Crippen molar-refractivity contribution in [1.29, 1.82) is 0 Å². The summed E-state index contributed by atoms with van der Waals surface area (Å²) in [4.78, 5) is 14.4. The van der Waals surface area contributed by atoms with Crippen molar-refractivity contribution in [3.8, 4) is 0 Å². The predicted molar refractivity (Wildman–Crippen MR) is 115 cm³/mol. The Morgan fingerprint density at radius 1 is 1.03 bits per heavy atom. The molecule has 0 amide bonds. The molecule has 2 aromatic carbocycles. The van der Waals surface area contributed by atoms with E-state index in [1.165, 1.54) is 22.4 Å². The van der Waals surface area contributed by atoms with E-state index in [1.54, 1.807) is 0 Å². The summed E-state index contributed by atoms with van der Waals surface area (Å²) in [5.41, 5.74) is 5.32. The maximum Gasteiger partial charge on any atom is 0.0715 e. The van der Waals surface area contributed by atoms with Crippen LogP contribution in [0.4, 0.5) is 5.69 Å². The molecule has 0 bridgehead atoms. The summed E-state index contributed by atoms with van der Waals surface area (Å²) in [6, 6.07) is 12.8. The van der Waals surface area contributed by atoms with Gasteiger partial charge in [-0.05, 0) is 71.2 Å². The third kappa shape index (κ3) is 2.51. The summed E-state index contributed by atoms with van der Waals surface area (Å²) in [5.74, 6) is 0.439. The molecule has 0 N–H and O–H groups in total. The fourth-order valence-corrected chi connectivity index (χ4v) is 6.38. The number of aromatic carboxylic acids is 1. The molecule has 0 spiro atoms. The topological polar surface area (TPSA) is 43.4 Å². The van der Waals surface area contributed by atoms with E-state index in [0.29, 0.717) is 29.2 Å². The largest absolute Gasteiger partial charge is 0.545 e. The van der Waals surface area contributed by atoms with Gasteiger partial charge in [0.2, 0.25) is 0 Å². The third-order valence-corrected chi connectivity index (χ3v) is 7.83. The van der Waals surface area contributed by atoms with Gasteiger partial charge in [-0.1, -0.05) is 52.4 Å². The zero-order valence-electron chi connectivity index (χ0n) is 15.9. The number of nitrogens with zero attached hydrogens (tertiary/aromatic N) is 1. The molecule has 0 aromatic heterocycles. The van der Waals surface area contributed by atoms with Crippen LogP contribution in [0, 0.1) is 11.8 Å². The number of hydrogen-bond acceptors (Lipinski definition) is 3. The molecule has 5 atom stereocenters. The Hall–Kier alpha value is -2.33. The molecule has 0 saturated carbocycles. The van der Waals surface area contributed by atoms with Crippen molar-refractivity contribution in [3.63, 3.8) is 0 Å². The number of hydrogen-bond donors (Lipinski definition) is 0. The number of rotatable bonds is 2. The van der Waals surface area contributed by atoms with Gasteiger partial charge in [0.15, 0.2) is 0 Å². The van der Waals surface area contributed by atoms with Crippen LogP contribution in [0.15, 0.2) is 65.2 Å². The van der Waals surface area contributed by atoms with Crippen molar-refractivity contribution in [3.05, 3.63) is 87.4 Å². The molecule has 2 aliphatic heterocycles. The van der Waals surface area contributed by atoms with Gasteiger partial charge in [0.1, 0.15) is 0 Å². The van der Waals surface area contributed by atoms with E-state index in [2.05, 4.69) is 69.4 Å². The highest BCUT2D eigenvalue weighted by atomic mass is 79.9. The zero-order chi connectivity index (χ0) is 19.7. The Bertz CT molecular complexity index is 1070. The summed E-state index contributed by atoms with van der Waals surface area (Å²) in [7, 11) is 0. The Morgan fingerprint density at radius 3 is 2.59 bits per heavy atom. The summed E-state index contributed by atoms with van der Waals surface area (Å²) >= 11 is 3.57. The summed E-state index contributed by atoms with van der Waals surface area (Å²) < 4.78 is 1.09. The van der Waals surface area contributed by atoms with E-state index < -0.39 is 5.97 Å². The number of carbonyl (C=O) groups excluding carboxylic acids is 1. The first-order valence-corrected chi connectivity index (χ1v) is 11.2. The average Bonchev–Trinajstić information content (AvgIpc) is 3.38. The van der Waals surface area contributed by atoms with Gasteiger partial charge >= 0.3 is 0 Å². The highest BCUT2D eigenvalue weighted by Gasteiger charge is 2.47. The lowest BCUT2D eigenvalue weighted by Crippen LogP contribution is -2.46. The molecular formula is C25H21BrNO2-. The lowest BCUT2D eigenvalue weighted by Gasteiger charge is -2.51. The minimum Gasteiger partial charge on any atom is -0.545 e. The molecule has 0 radical (unpaired) electrons. The van der Waals surface area contributed by atoms with E-state index in [9.17, 15) is 9.90 Å². The number of carboxylic acids is 1. The van der Waals surface area contributed by atoms with Crippen LogP contribution < -0.4 is 10.0 Å². The first kappa shape index (κ1) is 17.5. The minimum absolute atomic E-state index is 0.286. The Morgan fingerprint density at radius 2 is 1.79 bits per heavy atom. The van der Waals surface area contributed by atoms with Crippen LogP contribution >= 0.6 is 15.9 Å². The molecule has 0 fully saturated rings. The fourth-order valence-electron chi connectivity index (χ4n) is 6.12. The van der Waals surface area contributed by atoms with Gasteiger partial charge in [-0.2, -0.15) is 0 Å². The number of anilines is 1. The van der Waals surface area contributed by atoms with Gasteiger partial charge in [0, 0.05) is 28.5 Å². The van der Waals surface area contributed by atoms with Crippen molar-refractivity contribution in [2.75, 3.05) is 11.4 Å². The molecule has 3 nitrogen and oxygen atoms in total. The van der Waals surface area contributed by atoms with Crippen molar-refractivity contribution in [2.24, 2.45) is 11.8 Å². The van der Waals surface area contributed by atoms with E-state index in [0.717, 1.165) is 23.9 Å². The van der Waals surface area contributed by atoms with Crippen molar-refractivity contribution < 1.29 is 9.90 Å². The monoisotopic (exact) mass is 446 g/mol. The van der Waals surface area contributed by atoms with Crippen LogP contribution in [-0.2, 0) is 0 Å². The molecule has 2 aliphatic carbocycles. The molecule has 2 heterocycles. The summed E-state index contributed by atoms with van der Waals surface area (Å²) in [6.07, 6.45) is 11.2. The minimum atomic E-state index is -1.07. The summed E-state index contributed by atoms with van der Waals surface area (Å²) in [6.45, 7) is 1.01. The van der Waals surface area contributed by atoms with Gasteiger partial charge in [0.25, 0.3) is 0 Å². The molecule has 0 saturated heterocycles. The number of carbonyl (C=O) groups is 1. The highest BCUT2D eigenvalue weighted by molar-refractivity contribution is 9.10. The number of fused-ring (bicyclic) bond motifs is 4. The highest BCUT2D eigenvalue weighted by Crippen LogP contribution is 2.58. The lowest BCUT2D eigenvalue weighted by molar-refractivity contribution is -0.255. The third-order valence-electron chi connectivity index (χ3n) is 7.30. The lowest BCUT2D eigenvalue weighted by atomic mass is 9.70. The van der Waals surface area contributed by atoms with Crippen LogP contribution in [0.1, 0.15) is 57.8 Å². The number of carboxylic acid groups (broad SMARTS) is 1. The van der Waals surface area contributed by atoms with Gasteiger partial charge < -0.3 is 14.8 Å². The first-order chi connectivity index (χ1) is 14.1. The molecule has 29 heavy (non-hydrogen) atoms. The number of allylic oxidation sites excluding steroid dienone is 3. The maximum atomic E-state index is 11.8. The van der Waals surface area contributed by atoms with Crippen LogP contribution in [0.5, 0.6) is 0 Å². The normalized spacial score (nSPS) is 30.8. The van der Waals surface area contributed by atoms with Crippen LogP contribution in [0.2, 0.25) is 0 Å². The van der Waals surface area contributed by atoms with Gasteiger partial charge in [0.05, 0.1) is 12.0 Å². The second kappa shape index (κ2) is 6.33. The Kier molecular flexibility index (Phi) is 3.83. The average molecular weight is 447 g/mol. The van der Waals surface area contributed by atoms with Crippen LogP contribution in [0.25, 0.3) is 0 Å². The zero-order valence-corrected chi connectivity index (χ0v) is 17.5. The first-order valence-electron chi connectivity index (χ1n) is 10.4. The van der Waals surface area contributed by atoms with Crippen molar-refractivity contribution >= 4 is 27.6 Å². The number of benzene rings is 2. The maximum absolute atomic E-state index is 11.8. The van der Waals surface area contributed by atoms with Crippen LogP contribution in [0.3, 0.4) is 0 Å². The second-order valence-corrected chi connectivity index (χ2v) is 9.65. The molecule has 4 heteroatoms. The molecule has 5 unspecified atom stereocenters. The van der Waals surface area contributed by atoms with Crippen molar-refractivity contribution in [1.82, 2.24) is 0 Å². The molecule has 146 valence electrons. The van der Waals surface area contributed by atoms with Crippen LogP contribution in [-0.4, -0.2) is 12.5 Å². The summed E-state index contributed by atoms with van der Waals surface area (Å²) in [5, 5.41) is 11.8. The molecule has 4 aliphatic rings. The van der Waals surface area contributed by atoms with Crippen molar-refractivity contribution in [2.45, 2.75) is 30.7 Å². The fraction of sp³-hybridized carbons (Fsp3) is 0.320. The predicted octanol–water partition coefficient (Wildman–Crippen LogP) is 4.71. The van der Waals surface area contributed by atoms with Gasteiger partial charge in [-0.3, -0.25) is 0 Å².